The topological polar surface area (TPSA) is 17.1 Å². The summed E-state index contributed by atoms with van der Waals surface area (Å²) in [5.41, 5.74) is 1.18. The molecule has 0 N–H and O–H groups in total. The summed E-state index contributed by atoms with van der Waals surface area (Å²) in [5.74, 6) is 0. The fraction of sp³-hybridized carbons (Fsp3) is 0.100. The van der Waals surface area contributed by atoms with E-state index >= 15 is 0 Å². The fourth-order valence-electron chi connectivity index (χ4n) is 1.33. The molecule has 2 rings (SSSR count). The summed E-state index contributed by atoms with van der Waals surface area (Å²) in [6, 6.07) is 5.98. The largest absolute Gasteiger partial charge is 0.297 e. The minimum atomic E-state index is 0.752. The van der Waals surface area contributed by atoms with E-state index in [0.717, 1.165) is 31.5 Å². The quantitative estimate of drug-likeness (QED) is 0.503. The lowest BCUT2D eigenvalue weighted by atomic mass is 10.2. The first kappa shape index (κ1) is 10.2. The highest BCUT2D eigenvalue weighted by Crippen LogP contribution is 2.31. The van der Waals surface area contributed by atoms with E-state index < -0.39 is 0 Å². The molecule has 0 aliphatic rings. The molecule has 72 valence electrons. The fourth-order valence-corrected chi connectivity index (χ4v) is 3.05. The van der Waals surface area contributed by atoms with E-state index in [1.807, 2.05) is 12.1 Å². The maximum atomic E-state index is 10.6. The maximum absolute atomic E-state index is 10.6. The third kappa shape index (κ3) is 1.74. The van der Waals surface area contributed by atoms with Crippen LogP contribution >= 0.6 is 39.9 Å². The van der Waals surface area contributed by atoms with E-state index in [2.05, 4.69) is 34.6 Å². The molecule has 1 heterocycles. The van der Waals surface area contributed by atoms with Gasteiger partial charge in [0.05, 0.1) is 4.88 Å². The highest BCUT2D eigenvalue weighted by Gasteiger charge is 2.05. The van der Waals surface area contributed by atoms with Gasteiger partial charge in [0, 0.05) is 20.3 Å². The van der Waals surface area contributed by atoms with Gasteiger partial charge in [0.2, 0.25) is 0 Å². The number of fused-ring (bicyclic) bond motifs is 1. The summed E-state index contributed by atoms with van der Waals surface area (Å²) in [6.45, 7) is 0. The molecular formula is C10H7BrOS2. The van der Waals surface area contributed by atoms with Gasteiger partial charge in [-0.05, 0) is 23.8 Å². The van der Waals surface area contributed by atoms with Crippen molar-refractivity contribution in [3.05, 3.63) is 28.6 Å². The molecule has 0 aliphatic carbocycles. The van der Waals surface area contributed by atoms with Crippen LogP contribution < -0.4 is 0 Å². The minimum Gasteiger partial charge on any atom is -0.297 e. The van der Waals surface area contributed by atoms with E-state index in [4.69, 9.17) is 0 Å². The Labute approximate surface area is 99.7 Å². The van der Waals surface area contributed by atoms with E-state index in [-0.39, 0.29) is 0 Å². The highest BCUT2D eigenvalue weighted by atomic mass is 79.9. The lowest BCUT2D eigenvalue weighted by molar-refractivity contribution is 0.112. The molecule has 0 saturated heterocycles. The first-order valence-corrected chi connectivity index (χ1v) is 6.39. The Hall–Kier alpha value is -0.320. The number of thiol groups is 1. The molecule has 0 spiro atoms. The van der Waals surface area contributed by atoms with Crippen LogP contribution in [-0.4, -0.2) is 6.29 Å². The lowest BCUT2D eigenvalue weighted by Gasteiger charge is -1.98. The van der Waals surface area contributed by atoms with Crippen LogP contribution in [0, 0.1) is 0 Å². The monoisotopic (exact) mass is 286 g/mol. The normalized spacial score (nSPS) is 10.7. The van der Waals surface area contributed by atoms with Crippen LogP contribution in [0.1, 0.15) is 15.2 Å². The number of alkyl halides is 1. The summed E-state index contributed by atoms with van der Waals surface area (Å²) in [6.07, 6.45) is 0.881. The zero-order valence-electron chi connectivity index (χ0n) is 7.16. The zero-order valence-corrected chi connectivity index (χ0v) is 10.5. The summed E-state index contributed by atoms with van der Waals surface area (Å²) < 4.78 is 1.12. The Kier molecular flexibility index (Phi) is 2.95. The van der Waals surface area contributed by atoms with Gasteiger partial charge in [-0.2, -0.15) is 0 Å². The van der Waals surface area contributed by atoms with Crippen LogP contribution in [-0.2, 0) is 5.33 Å². The first-order valence-electron chi connectivity index (χ1n) is 4.01. The van der Waals surface area contributed by atoms with Gasteiger partial charge in [-0.25, -0.2) is 0 Å². The first-order chi connectivity index (χ1) is 6.74. The Morgan fingerprint density at radius 2 is 2.21 bits per heavy atom. The zero-order chi connectivity index (χ0) is 10.1. The van der Waals surface area contributed by atoms with Gasteiger partial charge >= 0.3 is 0 Å². The van der Waals surface area contributed by atoms with E-state index in [9.17, 15) is 4.79 Å². The molecule has 1 aromatic heterocycles. The van der Waals surface area contributed by atoms with Crippen molar-refractivity contribution in [2.45, 2.75) is 10.2 Å². The average Bonchev–Trinajstić information content (AvgIpc) is 2.61. The molecule has 4 heteroatoms. The predicted molar refractivity (Wildman–Crippen MR) is 67.1 cm³/mol. The highest BCUT2D eigenvalue weighted by molar-refractivity contribution is 9.08. The van der Waals surface area contributed by atoms with Crippen molar-refractivity contribution in [2.75, 3.05) is 0 Å². The van der Waals surface area contributed by atoms with E-state index in [0.29, 0.717) is 0 Å². The number of carbonyl (C=O) groups is 1. The van der Waals surface area contributed by atoms with Gasteiger partial charge < -0.3 is 0 Å². The molecule has 14 heavy (non-hydrogen) atoms. The number of hydrogen-bond donors (Lipinski definition) is 1. The van der Waals surface area contributed by atoms with Crippen molar-refractivity contribution in [3.63, 3.8) is 0 Å². The maximum Gasteiger partial charge on any atom is 0.160 e. The van der Waals surface area contributed by atoms with Crippen LogP contribution in [0.3, 0.4) is 0 Å². The molecule has 0 amide bonds. The van der Waals surface area contributed by atoms with Gasteiger partial charge in [-0.3, -0.25) is 4.79 Å². The van der Waals surface area contributed by atoms with Gasteiger partial charge in [0.25, 0.3) is 0 Å². The van der Waals surface area contributed by atoms with Crippen molar-refractivity contribution in [3.8, 4) is 0 Å². The van der Waals surface area contributed by atoms with Crippen LogP contribution in [0.25, 0.3) is 10.1 Å². The van der Waals surface area contributed by atoms with Crippen molar-refractivity contribution in [1.82, 2.24) is 0 Å². The lowest BCUT2D eigenvalue weighted by Crippen LogP contribution is -1.77. The van der Waals surface area contributed by atoms with Crippen LogP contribution in [0.15, 0.2) is 23.1 Å². The van der Waals surface area contributed by atoms with Gasteiger partial charge in [0.15, 0.2) is 6.29 Å². The minimum absolute atomic E-state index is 0.752. The van der Waals surface area contributed by atoms with Crippen molar-refractivity contribution in [1.29, 1.82) is 0 Å². The van der Waals surface area contributed by atoms with E-state index in [1.54, 1.807) is 0 Å². The predicted octanol–water partition coefficient (Wildman–Crippen LogP) is 3.90. The number of rotatable bonds is 2. The molecule has 0 unspecified atom stereocenters. The van der Waals surface area contributed by atoms with Crippen molar-refractivity contribution < 1.29 is 4.79 Å². The number of hydrogen-bond acceptors (Lipinski definition) is 3. The van der Waals surface area contributed by atoms with Crippen molar-refractivity contribution >= 4 is 56.3 Å². The van der Waals surface area contributed by atoms with Gasteiger partial charge in [-0.15, -0.1) is 24.0 Å². The Bertz CT molecular complexity index is 490. The Balaban J connectivity index is 2.73. The summed E-state index contributed by atoms with van der Waals surface area (Å²) in [4.78, 5) is 12.3. The second-order valence-corrected chi connectivity index (χ2v) is 5.08. The second kappa shape index (κ2) is 4.04. The number of carbonyl (C=O) groups excluding carboxylic acids is 1. The molecule has 0 aliphatic heterocycles. The van der Waals surface area contributed by atoms with Crippen LogP contribution in [0.2, 0.25) is 0 Å². The molecule has 0 fully saturated rings. The molecule has 0 saturated carbocycles. The molecule has 2 aromatic rings. The SMILES string of the molecule is O=Cc1cc2c(S)cc(CBr)cc2s1. The molecule has 0 bridgehead atoms. The molecular weight excluding hydrogens is 280 g/mol. The second-order valence-electron chi connectivity index (χ2n) is 2.93. The van der Waals surface area contributed by atoms with Crippen LogP contribution in [0.5, 0.6) is 0 Å². The average molecular weight is 287 g/mol. The smallest absolute Gasteiger partial charge is 0.160 e. The third-order valence-electron chi connectivity index (χ3n) is 1.96. The summed E-state index contributed by atoms with van der Waals surface area (Å²) in [7, 11) is 0. The standard InChI is InChI=1S/C10H7BrOS2/c11-4-6-1-9(13)8-3-7(5-12)14-10(8)2-6/h1-3,5,13H,4H2. The van der Waals surface area contributed by atoms with Crippen LogP contribution in [0.4, 0.5) is 0 Å². The number of halogens is 1. The van der Waals surface area contributed by atoms with Gasteiger partial charge in [0.1, 0.15) is 0 Å². The van der Waals surface area contributed by atoms with Crippen molar-refractivity contribution in [2.24, 2.45) is 0 Å². The van der Waals surface area contributed by atoms with E-state index in [1.165, 1.54) is 16.9 Å². The third-order valence-corrected chi connectivity index (χ3v) is 3.99. The molecule has 1 aromatic carbocycles. The molecule has 0 radical (unpaired) electrons. The summed E-state index contributed by atoms with van der Waals surface area (Å²) >= 11 is 9.30. The number of benzene rings is 1. The Morgan fingerprint density at radius 3 is 2.86 bits per heavy atom. The summed E-state index contributed by atoms with van der Waals surface area (Å²) in [5, 5.41) is 1.87. The van der Waals surface area contributed by atoms with Gasteiger partial charge in [-0.1, -0.05) is 15.9 Å². The molecule has 1 nitrogen and oxygen atoms in total. The number of aldehydes is 1. The molecule has 0 atom stereocenters. The Morgan fingerprint density at radius 1 is 1.43 bits per heavy atom. The number of thiophene rings is 1.